The van der Waals surface area contributed by atoms with E-state index in [1.165, 1.54) is 29.8 Å². The summed E-state index contributed by atoms with van der Waals surface area (Å²) < 4.78 is 24.1. The Balaban J connectivity index is 1.46. The van der Waals surface area contributed by atoms with Gasteiger partial charge in [-0.15, -0.1) is 0 Å². The Kier molecular flexibility index (Phi) is 5.20. The van der Waals surface area contributed by atoms with E-state index in [2.05, 4.69) is 18.0 Å². The van der Waals surface area contributed by atoms with Crippen LogP contribution in [0.1, 0.15) is 22.3 Å². The summed E-state index contributed by atoms with van der Waals surface area (Å²) in [4.78, 5) is 16.3. The molecule has 0 amide bonds. The van der Waals surface area contributed by atoms with Crippen molar-refractivity contribution in [3.8, 4) is 5.75 Å². The third-order valence-electron chi connectivity index (χ3n) is 4.55. The monoisotopic (exact) mass is 387 g/mol. The van der Waals surface area contributed by atoms with Gasteiger partial charge in [-0.05, 0) is 66.1 Å². The Bertz CT molecular complexity index is 1100. The zero-order valence-corrected chi connectivity index (χ0v) is 15.8. The van der Waals surface area contributed by atoms with Gasteiger partial charge >= 0.3 is 5.97 Å². The number of carbonyl (C=O) groups is 1. The first-order valence-electron chi connectivity index (χ1n) is 9.14. The summed E-state index contributed by atoms with van der Waals surface area (Å²) >= 11 is 0. The average Bonchev–Trinajstić information content (AvgIpc) is 3.09. The Morgan fingerprint density at radius 1 is 1.00 bits per heavy atom. The molecule has 0 atom stereocenters. The lowest BCUT2D eigenvalue weighted by Crippen LogP contribution is -2.05. The molecule has 0 spiro atoms. The summed E-state index contributed by atoms with van der Waals surface area (Å²) in [5.74, 6) is 0.00251. The highest BCUT2D eigenvalue weighted by Gasteiger charge is 2.24. The second kappa shape index (κ2) is 8.10. The highest BCUT2D eigenvalue weighted by Crippen LogP contribution is 2.21. The number of hydrogen-bond donors (Lipinski definition) is 0. The molecule has 4 nitrogen and oxygen atoms in total. The van der Waals surface area contributed by atoms with E-state index >= 15 is 0 Å². The number of cyclic esters (lactones) is 1. The first-order chi connectivity index (χ1) is 14.1. The van der Waals surface area contributed by atoms with Crippen LogP contribution in [0.5, 0.6) is 5.75 Å². The van der Waals surface area contributed by atoms with Crippen LogP contribution in [0, 0.1) is 12.7 Å². The fourth-order valence-electron chi connectivity index (χ4n) is 2.88. The Morgan fingerprint density at radius 3 is 2.45 bits per heavy atom. The Labute approximate surface area is 167 Å². The minimum Gasteiger partial charge on any atom is -0.489 e. The minimum absolute atomic E-state index is 0.166. The van der Waals surface area contributed by atoms with Crippen molar-refractivity contribution in [2.75, 3.05) is 0 Å². The number of hydrogen-bond acceptors (Lipinski definition) is 4. The number of halogens is 1. The molecule has 1 aliphatic heterocycles. The quantitative estimate of drug-likeness (QED) is 0.454. The maximum atomic E-state index is 13.0. The maximum absolute atomic E-state index is 13.0. The van der Waals surface area contributed by atoms with Crippen molar-refractivity contribution in [3.63, 3.8) is 0 Å². The van der Waals surface area contributed by atoms with Gasteiger partial charge in [0.2, 0.25) is 5.90 Å². The molecule has 0 saturated carbocycles. The fraction of sp³-hybridized carbons (Fsp3) is 0.0833. The zero-order valence-electron chi connectivity index (χ0n) is 15.8. The molecule has 0 fully saturated rings. The molecular formula is C24H18FNO3. The zero-order chi connectivity index (χ0) is 20.2. The van der Waals surface area contributed by atoms with Crippen molar-refractivity contribution >= 4 is 17.9 Å². The molecule has 0 bridgehead atoms. The molecule has 3 aromatic carbocycles. The van der Waals surface area contributed by atoms with Crippen LogP contribution < -0.4 is 4.74 Å². The van der Waals surface area contributed by atoms with Gasteiger partial charge in [0.15, 0.2) is 5.70 Å². The predicted molar refractivity (Wildman–Crippen MR) is 109 cm³/mol. The lowest BCUT2D eigenvalue weighted by molar-refractivity contribution is -0.129. The molecule has 1 heterocycles. The molecule has 0 aliphatic carbocycles. The van der Waals surface area contributed by atoms with Crippen LogP contribution in [0.4, 0.5) is 4.39 Å². The lowest BCUT2D eigenvalue weighted by atomic mass is 10.1. The number of rotatable bonds is 5. The van der Waals surface area contributed by atoms with Crippen LogP contribution in [-0.4, -0.2) is 11.9 Å². The molecule has 0 saturated heterocycles. The third-order valence-corrected chi connectivity index (χ3v) is 4.55. The van der Waals surface area contributed by atoms with Crippen LogP contribution in [0.2, 0.25) is 0 Å². The van der Waals surface area contributed by atoms with Crippen LogP contribution in [0.15, 0.2) is 83.5 Å². The third kappa shape index (κ3) is 4.41. The number of esters is 1. The van der Waals surface area contributed by atoms with E-state index in [-0.39, 0.29) is 17.4 Å². The van der Waals surface area contributed by atoms with Crippen molar-refractivity contribution in [3.05, 3.63) is 107 Å². The number of aryl methyl sites for hydroxylation is 1. The topological polar surface area (TPSA) is 47.9 Å². The van der Waals surface area contributed by atoms with Gasteiger partial charge in [0.25, 0.3) is 0 Å². The minimum atomic E-state index is -0.538. The van der Waals surface area contributed by atoms with Crippen molar-refractivity contribution in [2.24, 2.45) is 4.99 Å². The van der Waals surface area contributed by atoms with E-state index in [9.17, 15) is 9.18 Å². The molecule has 29 heavy (non-hydrogen) atoms. The van der Waals surface area contributed by atoms with Crippen molar-refractivity contribution < 1.29 is 18.7 Å². The summed E-state index contributed by atoms with van der Waals surface area (Å²) in [7, 11) is 0. The number of benzene rings is 3. The second-order valence-electron chi connectivity index (χ2n) is 6.63. The Hall–Kier alpha value is -3.73. The molecule has 0 radical (unpaired) electrons. The van der Waals surface area contributed by atoms with Crippen LogP contribution in [0.3, 0.4) is 0 Å². The van der Waals surface area contributed by atoms with E-state index in [1.54, 1.807) is 6.08 Å². The highest BCUT2D eigenvalue weighted by atomic mass is 19.1. The standard InChI is InChI=1S/C24H18FNO3/c1-16-4-2-3-5-19(16)15-28-21-12-6-17(7-13-21)14-22-24(27)29-23(26-22)18-8-10-20(25)11-9-18/h2-14H,15H2,1H3/b22-14-. The van der Waals surface area contributed by atoms with Gasteiger partial charge in [0.05, 0.1) is 0 Å². The SMILES string of the molecule is Cc1ccccc1COc1ccc(/C=C2\N=C(c3ccc(F)cc3)OC2=O)cc1. The fourth-order valence-corrected chi connectivity index (χ4v) is 2.88. The molecule has 4 rings (SSSR count). The van der Waals surface area contributed by atoms with Crippen molar-refractivity contribution in [1.29, 1.82) is 0 Å². The predicted octanol–water partition coefficient (Wildman–Crippen LogP) is 5.06. The van der Waals surface area contributed by atoms with Crippen molar-refractivity contribution in [2.45, 2.75) is 13.5 Å². The van der Waals surface area contributed by atoms with Crippen LogP contribution in [-0.2, 0) is 16.1 Å². The van der Waals surface area contributed by atoms with Gasteiger partial charge < -0.3 is 9.47 Å². The molecular weight excluding hydrogens is 369 g/mol. The largest absolute Gasteiger partial charge is 0.489 e. The number of aliphatic imine (C=N–C) groups is 1. The normalized spacial score (nSPS) is 14.6. The molecule has 0 N–H and O–H groups in total. The second-order valence-corrected chi connectivity index (χ2v) is 6.63. The van der Waals surface area contributed by atoms with Crippen molar-refractivity contribution in [1.82, 2.24) is 0 Å². The molecule has 3 aromatic rings. The maximum Gasteiger partial charge on any atom is 0.363 e. The van der Waals surface area contributed by atoms with E-state index < -0.39 is 5.97 Å². The van der Waals surface area contributed by atoms with E-state index in [4.69, 9.17) is 9.47 Å². The lowest BCUT2D eigenvalue weighted by Gasteiger charge is -2.08. The molecule has 5 heteroatoms. The Morgan fingerprint density at radius 2 is 1.72 bits per heavy atom. The first kappa shape index (κ1) is 18.6. The van der Waals surface area contributed by atoms with Gasteiger partial charge in [0, 0.05) is 5.56 Å². The van der Waals surface area contributed by atoms with Gasteiger partial charge in [-0.1, -0.05) is 36.4 Å². The van der Waals surface area contributed by atoms with E-state index in [0.717, 1.165) is 16.9 Å². The summed E-state index contributed by atoms with van der Waals surface area (Å²) in [6, 6.07) is 21.1. The van der Waals surface area contributed by atoms with E-state index in [1.807, 2.05) is 42.5 Å². The van der Waals surface area contributed by atoms with Gasteiger partial charge in [-0.3, -0.25) is 0 Å². The molecule has 144 valence electrons. The van der Waals surface area contributed by atoms with Gasteiger partial charge in [-0.25, -0.2) is 14.2 Å². The highest BCUT2D eigenvalue weighted by molar-refractivity contribution is 6.12. The van der Waals surface area contributed by atoms with Crippen LogP contribution >= 0.6 is 0 Å². The van der Waals surface area contributed by atoms with Gasteiger partial charge in [-0.2, -0.15) is 0 Å². The molecule has 1 aliphatic rings. The molecule has 0 aromatic heterocycles. The number of nitrogens with zero attached hydrogens (tertiary/aromatic N) is 1. The molecule has 0 unspecified atom stereocenters. The number of ether oxygens (including phenoxy) is 2. The van der Waals surface area contributed by atoms with Gasteiger partial charge in [0.1, 0.15) is 18.2 Å². The van der Waals surface area contributed by atoms with Crippen LogP contribution in [0.25, 0.3) is 6.08 Å². The van der Waals surface area contributed by atoms with E-state index in [0.29, 0.717) is 12.2 Å². The number of carbonyl (C=O) groups excluding carboxylic acids is 1. The smallest absolute Gasteiger partial charge is 0.363 e. The summed E-state index contributed by atoms with van der Waals surface area (Å²) in [6.45, 7) is 2.54. The first-order valence-corrected chi connectivity index (χ1v) is 9.14. The average molecular weight is 387 g/mol. The summed E-state index contributed by atoms with van der Waals surface area (Å²) in [5.41, 5.74) is 3.85. The summed E-state index contributed by atoms with van der Waals surface area (Å²) in [5, 5.41) is 0. The summed E-state index contributed by atoms with van der Waals surface area (Å²) in [6.07, 6.45) is 1.64.